The van der Waals surface area contributed by atoms with Crippen molar-refractivity contribution >= 4 is 22.8 Å². The third kappa shape index (κ3) is 2.86. The van der Waals surface area contributed by atoms with E-state index in [1.807, 2.05) is 44.3 Å². The molecule has 3 aromatic rings. The first-order chi connectivity index (χ1) is 11.2. The zero-order chi connectivity index (χ0) is 16.4. The number of para-hydroxylation sites is 2. The number of thioether (sulfide) groups is 1. The van der Waals surface area contributed by atoms with E-state index in [1.165, 1.54) is 0 Å². The van der Waals surface area contributed by atoms with E-state index in [0.29, 0.717) is 5.75 Å². The molecule has 5 nitrogen and oxygen atoms in total. The molecule has 0 atom stereocenters. The maximum absolute atomic E-state index is 5.47. The maximum Gasteiger partial charge on any atom is 0.204 e. The molecule has 1 aromatic carbocycles. The number of hydrogen-bond acceptors (Lipinski definition) is 5. The zero-order valence-electron chi connectivity index (χ0n) is 13.7. The number of methoxy groups -OCH3 is 1. The standard InChI is InChI=1S/C17H19N3O2S/c1-11-9-18-14(12(2)16(11)21-3)10-23-17-19-13-7-5-6-8-15(13)20(17)22-4/h5-9H,10H2,1-4H3. The third-order valence-electron chi connectivity index (χ3n) is 3.76. The summed E-state index contributed by atoms with van der Waals surface area (Å²) < 4.78 is 7.22. The number of aryl methyl sites for hydroxylation is 1. The molecule has 2 heterocycles. The van der Waals surface area contributed by atoms with Crippen molar-refractivity contribution in [1.82, 2.24) is 14.7 Å². The molecule has 3 rings (SSSR count). The fourth-order valence-electron chi connectivity index (χ4n) is 2.60. The summed E-state index contributed by atoms with van der Waals surface area (Å²) in [6.45, 7) is 4.04. The second-order valence-electron chi connectivity index (χ2n) is 5.19. The molecule has 0 amide bonds. The summed E-state index contributed by atoms with van der Waals surface area (Å²) in [4.78, 5) is 14.6. The lowest BCUT2D eigenvalue weighted by molar-refractivity contribution is 0.155. The molecule has 0 aliphatic heterocycles. The van der Waals surface area contributed by atoms with Crippen molar-refractivity contribution in [2.75, 3.05) is 14.2 Å². The summed E-state index contributed by atoms with van der Waals surface area (Å²) in [6.07, 6.45) is 1.85. The molecule has 0 bridgehead atoms. The quantitative estimate of drug-likeness (QED) is 0.671. The number of aromatic nitrogens is 3. The molecule has 0 spiro atoms. The van der Waals surface area contributed by atoms with Crippen LogP contribution in [0.2, 0.25) is 0 Å². The van der Waals surface area contributed by atoms with Crippen LogP contribution in [0.25, 0.3) is 11.0 Å². The SMILES string of the molecule is COc1c(C)cnc(CSc2nc3ccccc3n2OC)c1C. The second kappa shape index (κ2) is 6.50. The molecule has 23 heavy (non-hydrogen) atoms. The van der Waals surface area contributed by atoms with Gasteiger partial charge in [0, 0.05) is 23.1 Å². The van der Waals surface area contributed by atoms with Gasteiger partial charge in [0.25, 0.3) is 0 Å². The average Bonchev–Trinajstić information content (AvgIpc) is 2.92. The van der Waals surface area contributed by atoms with Crippen LogP contribution in [-0.2, 0) is 5.75 Å². The van der Waals surface area contributed by atoms with Crippen molar-refractivity contribution in [2.24, 2.45) is 0 Å². The Labute approximate surface area is 139 Å². The third-order valence-corrected chi connectivity index (χ3v) is 4.69. The second-order valence-corrected chi connectivity index (χ2v) is 6.14. The first-order valence-corrected chi connectivity index (χ1v) is 8.28. The Morgan fingerprint density at radius 3 is 2.70 bits per heavy atom. The van der Waals surface area contributed by atoms with E-state index < -0.39 is 0 Å². The van der Waals surface area contributed by atoms with Gasteiger partial charge in [0.15, 0.2) is 0 Å². The maximum atomic E-state index is 5.47. The van der Waals surface area contributed by atoms with Crippen LogP contribution in [0.1, 0.15) is 16.8 Å². The highest BCUT2D eigenvalue weighted by molar-refractivity contribution is 7.98. The van der Waals surface area contributed by atoms with Crippen molar-refractivity contribution in [3.05, 3.63) is 47.3 Å². The van der Waals surface area contributed by atoms with E-state index in [4.69, 9.17) is 9.57 Å². The van der Waals surface area contributed by atoms with Gasteiger partial charge in [-0.05, 0) is 26.0 Å². The molecular weight excluding hydrogens is 310 g/mol. The van der Waals surface area contributed by atoms with Gasteiger partial charge in [-0.1, -0.05) is 23.9 Å². The lowest BCUT2D eigenvalue weighted by Gasteiger charge is -2.12. The fourth-order valence-corrected chi connectivity index (χ4v) is 3.61. The van der Waals surface area contributed by atoms with Crippen LogP contribution in [0.4, 0.5) is 0 Å². The molecule has 0 unspecified atom stereocenters. The van der Waals surface area contributed by atoms with E-state index in [9.17, 15) is 0 Å². The molecule has 120 valence electrons. The molecule has 0 aliphatic rings. The van der Waals surface area contributed by atoms with Gasteiger partial charge >= 0.3 is 0 Å². The molecular formula is C17H19N3O2S. The number of rotatable bonds is 5. The van der Waals surface area contributed by atoms with Gasteiger partial charge in [0.1, 0.15) is 18.4 Å². The lowest BCUT2D eigenvalue weighted by atomic mass is 10.1. The summed E-state index contributed by atoms with van der Waals surface area (Å²) in [7, 11) is 3.34. The van der Waals surface area contributed by atoms with E-state index in [1.54, 1.807) is 30.7 Å². The summed E-state index contributed by atoms with van der Waals surface area (Å²) in [6, 6.07) is 7.92. The summed E-state index contributed by atoms with van der Waals surface area (Å²) >= 11 is 1.60. The van der Waals surface area contributed by atoms with Gasteiger partial charge in [-0.15, -0.1) is 0 Å². The van der Waals surface area contributed by atoms with E-state index in [2.05, 4.69) is 9.97 Å². The van der Waals surface area contributed by atoms with Crippen LogP contribution >= 0.6 is 11.8 Å². The van der Waals surface area contributed by atoms with E-state index >= 15 is 0 Å². The Morgan fingerprint density at radius 2 is 1.96 bits per heavy atom. The number of nitrogens with zero attached hydrogens (tertiary/aromatic N) is 3. The van der Waals surface area contributed by atoms with Gasteiger partial charge < -0.3 is 9.57 Å². The van der Waals surface area contributed by atoms with Gasteiger partial charge in [-0.25, -0.2) is 4.98 Å². The summed E-state index contributed by atoms with van der Waals surface area (Å²) in [5, 5.41) is 0.814. The van der Waals surface area contributed by atoms with Crippen molar-refractivity contribution < 1.29 is 9.57 Å². The van der Waals surface area contributed by atoms with E-state index in [0.717, 1.165) is 38.8 Å². The first-order valence-electron chi connectivity index (χ1n) is 7.29. The highest BCUT2D eigenvalue weighted by Crippen LogP contribution is 2.30. The normalized spacial score (nSPS) is 11.0. The first kappa shape index (κ1) is 15.7. The Hall–Kier alpha value is -2.21. The number of imidazole rings is 1. The molecule has 0 saturated heterocycles. The van der Waals surface area contributed by atoms with Crippen LogP contribution in [0.15, 0.2) is 35.6 Å². The number of fused-ring (bicyclic) bond motifs is 1. The monoisotopic (exact) mass is 329 g/mol. The average molecular weight is 329 g/mol. The van der Waals surface area contributed by atoms with Crippen LogP contribution in [0.3, 0.4) is 0 Å². The lowest BCUT2D eigenvalue weighted by Crippen LogP contribution is -2.07. The number of pyridine rings is 1. The number of benzene rings is 1. The van der Waals surface area contributed by atoms with Crippen LogP contribution in [0.5, 0.6) is 5.75 Å². The number of hydrogen-bond donors (Lipinski definition) is 0. The molecule has 6 heteroatoms. The molecule has 2 aromatic heterocycles. The molecule has 0 N–H and O–H groups in total. The van der Waals surface area contributed by atoms with Crippen LogP contribution < -0.4 is 9.57 Å². The Kier molecular flexibility index (Phi) is 4.43. The van der Waals surface area contributed by atoms with Crippen molar-refractivity contribution in [3.8, 4) is 5.75 Å². The van der Waals surface area contributed by atoms with Gasteiger partial charge in [-0.2, -0.15) is 4.73 Å². The largest absolute Gasteiger partial charge is 0.496 e. The van der Waals surface area contributed by atoms with Crippen molar-refractivity contribution in [1.29, 1.82) is 0 Å². The van der Waals surface area contributed by atoms with Crippen LogP contribution in [-0.4, -0.2) is 28.9 Å². The predicted molar refractivity (Wildman–Crippen MR) is 92.1 cm³/mol. The smallest absolute Gasteiger partial charge is 0.204 e. The predicted octanol–water partition coefficient (Wildman–Crippen LogP) is 3.41. The van der Waals surface area contributed by atoms with E-state index in [-0.39, 0.29) is 0 Å². The fraction of sp³-hybridized carbons (Fsp3) is 0.294. The van der Waals surface area contributed by atoms with Crippen LogP contribution in [0, 0.1) is 13.8 Å². The topological polar surface area (TPSA) is 49.2 Å². The van der Waals surface area contributed by atoms with Crippen molar-refractivity contribution in [2.45, 2.75) is 24.8 Å². The number of ether oxygens (including phenoxy) is 1. The minimum atomic E-state index is 0.704. The van der Waals surface area contributed by atoms with Gasteiger partial charge in [-0.3, -0.25) is 4.98 Å². The minimum absolute atomic E-state index is 0.704. The van der Waals surface area contributed by atoms with Crippen molar-refractivity contribution in [3.63, 3.8) is 0 Å². The molecule has 0 aliphatic carbocycles. The molecule has 0 saturated carbocycles. The Morgan fingerprint density at radius 1 is 1.17 bits per heavy atom. The Bertz CT molecular complexity index is 845. The summed E-state index contributed by atoms with van der Waals surface area (Å²) in [5.74, 6) is 1.60. The highest BCUT2D eigenvalue weighted by Gasteiger charge is 2.14. The van der Waals surface area contributed by atoms with Gasteiger partial charge in [0.2, 0.25) is 5.16 Å². The molecule has 0 fully saturated rings. The Balaban J connectivity index is 1.89. The zero-order valence-corrected chi connectivity index (χ0v) is 14.5. The highest BCUT2D eigenvalue weighted by atomic mass is 32.2. The minimum Gasteiger partial charge on any atom is -0.496 e. The molecule has 0 radical (unpaired) electrons. The summed E-state index contributed by atoms with van der Waals surface area (Å²) in [5.41, 5.74) is 4.99. The van der Waals surface area contributed by atoms with Gasteiger partial charge in [0.05, 0.1) is 18.3 Å².